The van der Waals surface area contributed by atoms with Gasteiger partial charge in [-0.05, 0) is 82.7 Å². The lowest BCUT2D eigenvalue weighted by Gasteiger charge is -2.43. The van der Waals surface area contributed by atoms with E-state index in [1.165, 1.54) is 21.2 Å². The van der Waals surface area contributed by atoms with Crippen molar-refractivity contribution in [2.24, 2.45) is 11.3 Å². The van der Waals surface area contributed by atoms with E-state index in [0.29, 0.717) is 50.4 Å². The number of carbonyl (C=O) groups is 4. The van der Waals surface area contributed by atoms with Crippen LogP contribution in [-0.4, -0.2) is 124 Å². The Hall–Kier alpha value is -4.90. The molecule has 63 heavy (non-hydrogen) atoms. The summed E-state index contributed by atoms with van der Waals surface area (Å²) >= 11 is 1.43. The fraction of sp³-hybridized carbons (Fsp3) is 0.574. The van der Waals surface area contributed by atoms with E-state index in [0.717, 1.165) is 44.7 Å². The zero-order valence-electron chi connectivity index (χ0n) is 38.5. The molecule has 3 aliphatic heterocycles. The van der Waals surface area contributed by atoms with Crippen molar-refractivity contribution >= 4 is 46.1 Å². The first kappa shape index (κ1) is 46.1. The number of aryl methyl sites for hydroxylation is 1. The monoisotopic (exact) mass is 883 g/mol. The molecule has 4 amide bonds. The van der Waals surface area contributed by atoms with Crippen LogP contribution in [0.15, 0.2) is 41.9 Å². The van der Waals surface area contributed by atoms with Gasteiger partial charge in [0.05, 0.1) is 34.8 Å². The van der Waals surface area contributed by atoms with Gasteiger partial charge in [-0.1, -0.05) is 33.8 Å². The number of thiazole rings is 1. The Morgan fingerprint density at radius 1 is 1.13 bits per heavy atom. The van der Waals surface area contributed by atoms with Crippen LogP contribution in [0.1, 0.15) is 90.6 Å². The van der Waals surface area contributed by atoms with E-state index >= 15 is 0 Å². The molecule has 3 aliphatic rings. The molecule has 0 saturated carbocycles. The number of hydrogen-bond donors (Lipinski definition) is 3. The van der Waals surface area contributed by atoms with E-state index in [1.807, 2.05) is 51.0 Å². The maximum absolute atomic E-state index is 14.6. The average molecular weight is 884 g/mol. The van der Waals surface area contributed by atoms with Gasteiger partial charge in [0, 0.05) is 97.9 Å². The molecule has 0 aliphatic carbocycles. The highest BCUT2D eigenvalue weighted by Crippen LogP contribution is 2.42. The van der Waals surface area contributed by atoms with Crippen LogP contribution in [0.3, 0.4) is 0 Å². The summed E-state index contributed by atoms with van der Waals surface area (Å²) in [6.07, 6.45) is 3.29. The molecule has 6 heterocycles. The van der Waals surface area contributed by atoms with E-state index in [1.54, 1.807) is 20.4 Å². The van der Waals surface area contributed by atoms with E-state index in [9.17, 15) is 19.2 Å². The smallest absolute Gasteiger partial charge is 0.324 e. The molecular formula is C47H65N9O6S. The summed E-state index contributed by atoms with van der Waals surface area (Å²) in [5, 5.41) is 11.6. The molecule has 3 N–H and O–H groups in total. The first-order valence-corrected chi connectivity index (χ1v) is 23.3. The number of likely N-dealkylation sites (N-methyl/N-ethyl adjacent to an activating group) is 1. The van der Waals surface area contributed by atoms with Crippen molar-refractivity contribution in [3.05, 3.63) is 58.2 Å². The first-order chi connectivity index (χ1) is 30.0. The zero-order chi connectivity index (χ0) is 45.3. The number of fused-ring (bicyclic) bond motifs is 6. The van der Waals surface area contributed by atoms with E-state index in [2.05, 4.69) is 65.7 Å². The second-order valence-electron chi connectivity index (χ2n) is 18.6. The normalized spacial score (nSPS) is 23.0. The Kier molecular flexibility index (Phi) is 13.9. The van der Waals surface area contributed by atoms with Crippen molar-refractivity contribution in [3.8, 4) is 22.5 Å². The van der Waals surface area contributed by atoms with Gasteiger partial charge in [0.15, 0.2) is 0 Å². The molecule has 2 fully saturated rings. The number of rotatable bonds is 8. The van der Waals surface area contributed by atoms with Crippen molar-refractivity contribution in [2.45, 2.75) is 124 Å². The molecule has 340 valence electrons. The van der Waals surface area contributed by atoms with Crippen molar-refractivity contribution < 1.29 is 28.7 Å². The molecule has 15 nitrogen and oxygen atoms in total. The summed E-state index contributed by atoms with van der Waals surface area (Å²) < 4.78 is 14.3. The predicted octanol–water partition coefficient (Wildman–Crippen LogP) is 5.96. The van der Waals surface area contributed by atoms with Gasteiger partial charge in [0.1, 0.15) is 18.1 Å². The SMILES string of the molecule is CCn1c(-c2cccnc2[C@H](C)OC)c2c3cc(ccc31)-c1csc(n1)C[C@H](NC(=O)[C@H](C(C)C)N(C)C(=O)N1[C@H](C)CNC[C@H]1C)C(=O)N1CCC[C@H](N1)C(=O)OCC(C)(C)C2. The van der Waals surface area contributed by atoms with E-state index in [4.69, 9.17) is 19.4 Å². The molecule has 16 heteroatoms. The van der Waals surface area contributed by atoms with Crippen molar-refractivity contribution in [2.75, 3.05) is 40.4 Å². The number of aromatic nitrogens is 3. The van der Waals surface area contributed by atoms with Gasteiger partial charge in [-0.2, -0.15) is 0 Å². The maximum atomic E-state index is 14.6. The predicted molar refractivity (Wildman–Crippen MR) is 245 cm³/mol. The van der Waals surface area contributed by atoms with Crippen LogP contribution in [0.2, 0.25) is 0 Å². The quantitative estimate of drug-likeness (QED) is 0.180. The standard InChI is InChI=1S/C47H65N9O6S/c1-11-54-38-17-16-31-20-33(38)34(42(54)32-14-12-18-49-40(32)30(6)61-10)22-47(7,8)26-62-45(59)35-15-13-19-55(52-35)44(58)36(21-39-50-37(31)25-63-39)51-43(57)41(27(2)3)53(9)46(60)56-28(4)23-48-24-29(56)5/h12,14,16-18,20,25,27-30,35-36,41,48,52H,11,13,15,19,21-24,26H2,1-10H3,(H,51,57)/t28-,29-,30+,35+,36+,41+/m1/s1. The minimum atomic E-state index is -1.04. The summed E-state index contributed by atoms with van der Waals surface area (Å²) in [7, 11) is 3.35. The van der Waals surface area contributed by atoms with Gasteiger partial charge < -0.3 is 34.5 Å². The van der Waals surface area contributed by atoms with E-state index < -0.39 is 41.3 Å². The summed E-state index contributed by atoms with van der Waals surface area (Å²) in [5.41, 5.74) is 9.39. The molecular weight excluding hydrogens is 819 g/mol. The number of ether oxygens (including phenoxy) is 2. The molecule has 6 atom stereocenters. The van der Waals surface area contributed by atoms with Gasteiger partial charge in [-0.25, -0.2) is 15.2 Å². The molecule has 6 bridgehead atoms. The maximum Gasteiger partial charge on any atom is 0.324 e. The number of piperazine rings is 1. The second kappa shape index (κ2) is 19.1. The number of hydrazine groups is 1. The van der Waals surface area contributed by atoms with Crippen molar-refractivity contribution in [3.63, 3.8) is 0 Å². The lowest BCUT2D eigenvalue weighted by Crippen LogP contribution is -2.64. The van der Waals surface area contributed by atoms with Gasteiger partial charge in [-0.3, -0.25) is 24.4 Å². The molecule has 0 spiro atoms. The van der Waals surface area contributed by atoms with Crippen molar-refractivity contribution in [1.82, 2.24) is 45.4 Å². The Morgan fingerprint density at radius 2 is 1.87 bits per heavy atom. The summed E-state index contributed by atoms with van der Waals surface area (Å²) in [6.45, 7) is 18.6. The molecule has 1 aromatic carbocycles. The van der Waals surface area contributed by atoms with Gasteiger partial charge in [0.25, 0.3) is 5.91 Å². The van der Waals surface area contributed by atoms with Crippen molar-refractivity contribution in [1.29, 1.82) is 0 Å². The van der Waals surface area contributed by atoms with Crippen LogP contribution in [0, 0.1) is 11.3 Å². The number of nitrogens with zero attached hydrogens (tertiary/aromatic N) is 6. The number of carbonyl (C=O) groups excluding carboxylic acids is 4. The summed E-state index contributed by atoms with van der Waals surface area (Å²) in [6, 6.07) is 7.45. The fourth-order valence-corrected chi connectivity index (χ4v) is 10.4. The third kappa shape index (κ3) is 9.50. The lowest BCUT2D eigenvalue weighted by molar-refractivity contribution is -0.155. The number of hydrogen-bond acceptors (Lipinski definition) is 11. The van der Waals surface area contributed by atoms with Crippen LogP contribution >= 0.6 is 11.3 Å². The number of amides is 4. The van der Waals surface area contributed by atoms with Crippen LogP contribution in [0.5, 0.6) is 0 Å². The fourth-order valence-electron chi connectivity index (χ4n) is 9.56. The number of nitrogens with one attached hydrogen (secondary N) is 3. The minimum absolute atomic E-state index is 0.0578. The first-order valence-electron chi connectivity index (χ1n) is 22.4. The molecule has 3 aromatic heterocycles. The largest absolute Gasteiger partial charge is 0.464 e. The van der Waals surface area contributed by atoms with E-state index in [-0.39, 0.29) is 43.2 Å². The van der Waals surface area contributed by atoms with Crippen LogP contribution < -0.4 is 16.1 Å². The number of urea groups is 1. The van der Waals surface area contributed by atoms with Gasteiger partial charge in [0.2, 0.25) is 5.91 Å². The number of pyridine rings is 1. The number of cyclic esters (lactones) is 1. The Morgan fingerprint density at radius 3 is 2.57 bits per heavy atom. The van der Waals surface area contributed by atoms with Crippen LogP contribution in [-0.2, 0) is 43.2 Å². The summed E-state index contributed by atoms with van der Waals surface area (Å²) in [4.78, 5) is 70.2. The molecule has 7 rings (SSSR count). The topological polar surface area (TPSA) is 163 Å². The molecule has 0 radical (unpaired) electrons. The molecule has 4 aromatic rings. The third-order valence-electron chi connectivity index (χ3n) is 12.8. The van der Waals surface area contributed by atoms with Crippen LogP contribution in [0.25, 0.3) is 33.4 Å². The number of esters is 1. The highest BCUT2D eigenvalue weighted by atomic mass is 32.1. The van der Waals surface area contributed by atoms with Gasteiger partial charge >= 0.3 is 12.0 Å². The highest BCUT2D eigenvalue weighted by Gasteiger charge is 2.40. The molecule has 2 saturated heterocycles. The van der Waals surface area contributed by atoms with Gasteiger partial charge in [-0.15, -0.1) is 11.3 Å². The number of benzene rings is 1. The average Bonchev–Trinajstić information content (AvgIpc) is 3.85. The molecule has 0 unspecified atom stereocenters. The Labute approximate surface area is 375 Å². The minimum Gasteiger partial charge on any atom is -0.464 e. The lowest BCUT2D eigenvalue weighted by atomic mass is 9.84. The van der Waals surface area contributed by atoms with Crippen LogP contribution in [0.4, 0.5) is 4.79 Å². The summed E-state index contributed by atoms with van der Waals surface area (Å²) in [5.74, 6) is -1.53. The Balaban J connectivity index is 1.29. The Bertz CT molecular complexity index is 2310. The number of methoxy groups -OCH3 is 1. The zero-order valence-corrected chi connectivity index (χ0v) is 39.3. The highest BCUT2D eigenvalue weighted by molar-refractivity contribution is 7.10. The second-order valence-corrected chi connectivity index (χ2v) is 19.6. The third-order valence-corrected chi connectivity index (χ3v) is 13.7.